The number of rotatable bonds is 13. The van der Waals surface area contributed by atoms with E-state index in [9.17, 15) is 9.59 Å². The van der Waals surface area contributed by atoms with Crippen LogP contribution in [0.15, 0.2) is 36.4 Å². The molecule has 4 N–H and O–H groups in total. The second-order valence-electron chi connectivity index (χ2n) is 7.71. The molecule has 10 heteroatoms. The maximum atomic E-state index is 12.3. The minimum atomic E-state index is -0.285. The van der Waals surface area contributed by atoms with Crippen LogP contribution in [0.1, 0.15) is 30.9 Å². The van der Waals surface area contributed by atoms with E-state index in [-0.39, 0.29) is 18.1 Å². The molecule has 2 aromatic rings. The number of hydrogen-bond donors (Lipinski definition) is 4. The first-order chi connectivity index (χ1) is 16.9. The molecule has 192 valence electrons. The third-order valence-electron chi connectivity index (χ3n) is 5.41. The van der Waals surface area contributed by atoms with Crippen molar-refractivity contribution in [3.63, 3.8) is 0 Å². The standard InChI is InChI=1S/C25H36N4O6/c1-6-19(29-25(31)28-16-18-8-10-21(33-3)23(14-18)35-5)11-12-26-24(30)27-15-17-7-9-20(32-2)22(13-17)34-4/h7-10,13-14,19H,6,11-12,15-16H2,1-5H3,(H2,26,27,30)(H2,28,29,31). The predicted octanol–water partition coefficient (Wildman–Crippen LogP) is 3.19. The molecule has 0 aliphatic carbocycles. The molecule has 10 nitrogen and oxygen atoms in total. The van der Waals surface area contributed by atoms with Crippen LogP contribution >= 0.6 is 0 Å². The summed E-state index contributed by atoms with van der Waals surface area (Å²) >= 11 is 0. The number of carbonyl (C=O) groups is 2. The summed E-state index contributed by atoms with van der Waals surface area (Å²) in [6.07, 6.45) is 1.34. The Kier molecular flexibility index (Phi) is 11.3. The summed E-state index contributed by atoms with van der Waals surface area (Å²) in [5.74, 6) is 2.47. The van der Waals surface area contributed by atoms with Crippen molar-refractivity contribution in [2.75, 3.05) is 35.0 Å². The van der Waals surface area contributed by atoms with Crippen LogP contribution in [0.2, 0.25) is 0 Å². The molecule has 0 aliphatic rings. The van der Waals surface area contributed by atoms with Crippen molar-refractivity contribution in [2.45, 2.75) is 38.9 Å². The quantitative estimate of drug-likeness (QED) is 0.344. The summed E-state index contributed by atoms with van der Waals surface area (Å²) in [5, 5.41) is 11.4. The average Bonchev–Trinajstić information content (AvgIpc) is 2.89. The van der Waals surface area contributed by atoms with E-state index >= 15 is 0 Å². The third-order valence-corrected chi connectivity index (χ3v) is 5.41. The number of methoxy groups -OCH3 is 4. The van der Waals surface area contributed by atoms with Gasteiger partial charge in [-0.2, -0.15) is 0 Å². The highest BCUT2D eigenvalue weighted by Crippen LogP contribution is 2.28. The summed E-state index contributed by atoms with van der Waals surface area (Å²) in [6, 6.07) is 10.3. The summed E-state index contributed by atoms with van der Waals surface area (Å²) < 4.78 is 21.0. The minimum Gasteiger partial charge on any atom is -0.493 e. The number of benzene rings is 2. The summed E-state index contributed by atoms with van der Waals surface area (Å²) in [6.45, 7) is 3.10. The fourth-order valence-electron chi connectivity index (χ4n) is 3.38. The fraction of sp³-hybridized carbons (Fsp3) is 0.440. The van der Waals surface area contributed by atoms with Crippen LogP contribution in [-0.4, -0.2) is 53.1 Å². The van der Waals surface area contributed by atoms with Crippen molar-refractivity contribution in [3.8, 4) is 23.0 Å². The molecule has 1 unspecified atom stereocenters. The number of ether oxygens (including phenoxy) is 4. The van der Waals surface area contributed by atoms with Gasteiger partial charge in [-0.15, -0.1) is 0 Å². The lowest BCUT2D eigenvalue weighted by Gasteiger charge is -2.18. The summed E-state index contributed by atoms with van der Waals surface area (Å²) in [4.78, 5) is 24.5. The van der Waals surface area contributed by atoms with Gasteiger partial charge in [0.1, 0.15) is 0 Å². The summed E-state index contributed by atoms with van der Waals surface area (Å²) in [7, 11) is 6.28. The van der Waals surface area contributed by atoms with Crippen molar-refractivity contribution in [2.24, 2.45) is 0 Å². The Morgan fingerprint density at radius 1 is 0.714 bits per heavy atom. The lowest BCUT2D eigenvalue weighted by atomic mass is 10.1. The molecule has 1 atom stereocenters. The first kappa shape index (κ1) is 27.4. The van der Waals surface area contributed by atoms with Gasteiger partial charge in [-0.1, -0.05) is 19.1 Å². The zero-order valence-corrected chi connectivity index (χ0v) is 21.0. The Labute approximate surface area is 206 Å². The zero-order chi connectivity index (χ0) is 25.6. The molecule has 0 spiro atoms. The van der Waals surface area contributed by atoms with E-state index in [1.807, 2.05) is 31.2 Å². The van der Waals surface area contributed by atoms with Gasteiger partial charge in [-0.05, 0) is 48.2 Å². The molecule has 0 radical (unpaired) electrons. The molecule has 35 heavy (non-hydrogen) atoms. The number of nitrogens with one attached hydrogen (secondary N) is 4. The summed E-state index contributed by atoms with van der Waals surface area (Å²) in [5.41, 5.74) is 1.77. The van der Waals surface area contributed by atoms with Crippen molar-refractivity contribution < 1.29 is 28.5 Å². The largest absolute Gasteiger partial charge is 0.493 e. The Morgan fingerprint density at radius 3 is 1.66 bits per heavy atom. The van der Waals surface area contributed by atoms with Gasteiger partial charge in [0.25, 0.3) is 0 Å². The van der Waals surface area contributed by atoms with Gasteiger partial charge in [0.05, 0.1) is 28.4 Å². The fourth-order valence-corrected chi connectivity index (χ4v) is 3.38. The van der Waals surface area contributed by atoms with Crippen LogP contribution in [-0.2, 0) is 13.1 Å². The van der Waals surface area contributed by atoms with Crippen molar-refractivity contribution in [1.29, 1.82) is 0 Å². The van der Waals surface area contributed by atoms with Crippen LogP contribution in [0.5, 0.6) is 23.0 Å². The number of urea groups is 2. The Morgan fingerprint density at radius 2 is 1.20 bits per heavy atom. The monoisotopic (exact) mass is 488 g/mol. The van der Waals surface area contributed by atoms with Crippen molar-refractivity contribution in [3.05, 3.63) is 47.5 Å². The number of hydrogen-bond acceptors (Lipinski definition) is 6. The van der Waals surface area contributed by atoms with Gasteiger partial charge in [0.2, 0.25) is 0 Å². The topological polar surface area (TPSA) is 119 Å². The van der Waals surface area contributed by atoms with Gasteiger partial charge in [0.15, 0.2) is 23.0 Å². The predicted molar refractivity (Wildman–Crippen MR) is 133 cm³/mol. The minimum absolute atomic E-state index is 0.0773. The highest BCUT2D eigenvalue weighted by Gasteiger charge is 2.12. The van der Waals surface area contributed by atoms with Gasteiger partial charge in [-0.25, -0.2) is 9.59 Å². The molecule has 2 rings (SSSR count). The SMILES string of the molecule is CCC(CCNC(=O)NCc1ccc(OC)c(OC)c1)NC(=O)NCc1ccc(OC)c(OC)c1. The van der Waals surface area contributed by atoms with Crippen LogP contribution in [0.25, 0.3) is 0 Å². The maximum Gasteiger partial charge on any atom is 0.315 e. The highest BCUT2D eigenvalue weighted by atomic mass is 16.5. The maximum absolute atomic E-state index is 12.3. The average molecular weight is 489 g/mol. The lowest BCUT2D eigenvalue weighted by molar-refractivity contribution is 0.234. The molecular weight excluding hydrogens is 452 g/mol. The molecule has 4 amide bonds. The van der Waals surface area contributed by atoms with Crippen LogP contribution in [0.4, 0.5) is 9.59 Å². The molecule has 0 saturated heterocycles. The first-order valence-corrected chi connectivity index (χ1v) is 11.4. The van der Waals surface area contributed by atoms with Crippen LogP contribution in [0.3, 0.4) is 0 Å². The van der Waals surface area contributed by atoms with Crippen molar-refractivity contribution in [1.82, 2.24) is 21.3 Å². The molecule has 0 bridgehead atoms. The van der Waals surface area contributed by atoms with Crippen LogP contribution in [0, 0.1) is 0 Å². The van der Waals surface area contributed by atoms with Gasteiger partial charge in [-0.3, -0.25) is 0 Å². The normalized spacial score (nSPS) is 11.1. The second kappa shape index (κ2) is 14.4. The van der Waals surface area contributed by atoms with E-state index in [0.29, 0.717) is 49.1 Å². The van der Waals surface area contributed by atoms with Gasteiger partial charge < -0.3 is 40.2 Å². The van der Waals surface area contributed by atoms with Gasteiger partial charge in [0, 0.05) is 25.7 Å². The molecule has 0 heterocycles. The first-order valence-electron chi connectivity index (χ1n) is 11.4. The molecule has 0 aliphatic heterocycles. The third kappa shape index (κ3) is 8.80. The molecular formula is C25H36N4O6. The van der Waals surface area contributed by atoms with E-state index in [2.05, 4.69) is 21.3 Å². The lowest BCUT2D eigenvalue weighted by Crippen LogP contribution is -2.44. The zero-order valence-electron chi connectivity index (χ0n) is 21.0. The van der Waals surface area contributed by atoms with E-state index in [0.717, 1.165) is 17.5 Å². The number of carbonyl (C=O) groups excluding carboxylic acids is 2. The van der Waals surface area contributed by atoms with E-state index in [1.165, 1.54) is 0 Å². The molecule has 0 aromatic heterocycles. The molecule has 2 aromatic carbocycles. The smallest absolute Gasteiger partial charge is 0.315 e. The van der Waals surface area contributed by atoms with Crippen molar-refractivity contribution >= 4 is 12.1 Å². The van der Waals surface area contributed by atoms with Crippen LogP contribution < -0.4 is 40.2 Å². The number of amides is 4. The van der Waals surface area contributed by atoms with E-state index in [1.54, 1.807) is 40.6 Å². The Hall–Kier alpha value is -3.82. The van der Waals surface area contributed by atoms with E-state index < -0.39 is 0 Å². The second-order valence-corrected chi connectivity index (χ2v) is 7.71. The van der Waals surface area contributed by atoms with E-state index in [4.69, 9.17) is 18.9 Å². The Bertz CT molecular complexity index is 969. The molecule has 0 fully saturated rings. The molecule has 0 saturated carbocycles. The Balaban J connectivity index is 1.71. The highest BCUT2D eigenvalue weighted by molar-refractivity contribution is 5.74. The van der Waals surface area contributed by atoms with Gasteiger partial charge >= 0.3 is 12.1 Å².